The number of methoxy groups -OCH3 is 1. The van der Waals surface area contributed by atoms with E-state index in [1.54, 1.807) is 7.11 Å². The van der Waals surface area contributed by atoms with Crippen molar-refractivity contribution in [3.8, 4) is 5.75 Å². The van der Waals surface area contributed by atoms with E-state index in [4.69, 9.17) is 4.74 Å². The lowest BCUT2D eigenvalue weighted by molar-refractivity contribution is 0.409. The zero-order chi connectivity index (χ0) is 13.8. The van der Waals surface area contributed by atoms with Crippen molar-refractivity contribution in [2.24, 2.45) is 0 Å². The van der Waals surface area contributed by atoms with Gasteiger partial charge in [-0.3, -0.25) is 0 Å². The molecule has 2 nitrogen and oxygen atoms in total. The van der Waals surface area contributed by atoms with E-state index in [1.807, 2.05) is 12.1 Å². The van der Waals surface area contributed by atoms with E-state index in [2.05, 4.69) is 65.1 Å². The van der Waals surface area contributed by atoms with Crippen LogP contribution in [0, 0.1) is 6.92 Å². The second-order valence-corrected chi connectivity index (χ2v) is 5.56. The molecule has 0 spiro atoms. The Morgan fingerprint density at radius 2 is 1.79 bits per heavy atom. The van der Waals surface area contributed by atoms with Crippen molar-refractivity contribution in [2.45, 2.75) is 13.5 Å². The number of nitrogens with zero attached hydrogens (tertiary/aromatic N) is 1. The summed E-state index contributed by atoms with van der Waals surface area (Å²) < 4.78 is 6.48. The first-order chi connectivity index (χ1) is 9.10. The van der Waals surface area contributed by atoms with Crippen molar-refractivity contribution >= 4 is 21.6 Å². The van der Waals surface area contributed by atoms with E-state index in [9.17, 15) is 0 Å². The van der Waals surface area contributed by atoms with Crippen LogP contribution in [0.15, 0.2) is 46.9 Å². The molecule has 0 saturated carbocycles. The molecule has 0 amide bonds. The van der Waals surface area contributed by atoms with Crippen molar-refractivity contribution in [3.63, 3.8) is 0 Å². The summed E-state index contributed by atoms with van der Waals surface area (Å²) in [5, 5.41) is 0. The Balaban J connectivity index is 2.20. The normalized spacial score (nSPS) is 10.3. The minimum absolute atomic E-state index is 0.811. The van der Waals surface area contributed by atoms with Gasteiger partial charge in [-0.2, -0.15) is 0 Å². The van der Waals surface area contributed by atoms with Gasteiger partial charge in [0, 0.05) is 29.3 Å². The summed E-state index contributed by atoms with van der Waals surface area (Å²) in [7, 11) is 3.80. The summed E-state index contributed by atoms with van der Waals surface area (Å²) >= 11 is 3.51. The Morgan fingerprint density at radius 3 is 2.42 bits per heavy atom. The molecule has 2 aromatic rings. The molecule has 0 N–H and O–H groups in total. The van der Waals surface area contributed by atoms with Crippen LogP contribution in [-0.2, 0) is 6.54 Å². The number of hydrogen-bond donors (Lipinski definition) is 0. The lowest BCUT2D eigenvalue weighted by Crippen LogP contribution is -2.16. The molecule has 0 saturated heterocycles. The number of rotatable bonds is 4. The highest BCUT2D eigenvalue weighted by Crippen LogP contribution is 2.25. The first-order valence-electron chi connectivity index (χ1n) is 6.20. The fourth-order valence-electron chi connectivity index (χ4n) is 2.02. The lowest BCUT2D eigenvalue weighted by Gasteiger charge is -2.21. The Bertz CT molecular complexity index is 551. The van der Waals surface area contributed by atoms with Crippen LogP contribution in [-0.4, -0.2) is 14.2 Å². The van der Waals surface area contributed by atoms with Crippen molar-refractivity contribution in [1.29, 1.82) is 0 Å². The molecule has 0 heterocycles. The molecule has 3 heteroatoms. The van der Waals surface area contributed by atoms with Crippen LogP contribution in [0.25, 0.3) is 0 Å². The van der Waals surface area contributed by atoms with Gasteiger partial charge in [0.2, 0.25) is 0 Å². The van der Waals surface area contributed by atoms with Gasteiger partial charge in [-0.05, 0) is 37.3 Å². The van der Waals surface area contributed by atoms with Crippen LogP contribution >= 0.6 is 15.9 Å². The van der Waals surface area contributed by atoms with Gasteiger partial charge in [-0.25, -0.2) is 0 Å². The van der Waals surface area contributed by atoms with Crippen LogP contribution in [0.5, 0.6) is 5.75 Å². The number of ether oxygens (including phenoxy) is 1. The van der Waals surface area contributed by atoms with Gasteiger partial charge < -0.3 is 9.64 Å². The number of aryl methyl sites for hydroxylation is 1. The Hall–Kier alpha value is -1.48. The minimum atomic E-state index is 0.811. The quantitative estimate of drug-likeness (QED) is 0.828. The molecule has 0 radical (unpaired) electrons. The minimum Gasteiger partial charge on any atom is -0.496 e. The van der Waals surface area contributed by atoms with Crippen molar-refractivity contribution in [1.82, 2.24) is 0 Å². The van der Waals surface area contributed by atoms with Gasteiger partial charge in [0.15, 0.2) is 0 Å². The molecule has 2 rings (SSSR count). The largest absolute Gasteiger partial charge is 0.496 e. The van der Waals surface area contributed by atoms with Gasteiger partial charge in [-0.1, -0.05) is 33.6 Å². The Kier molecular flexibility index (Phi) is 4.48. The first kappa shape index (κ1) is 13.9. The monoisotopic (exact) mass is 319 g/mol. The zero-order valence-corrected chi connectivity index (χ0v) is 13.1. The van der Waals surface area contributed by atoms with Gasteiger partial charge >= 0.3 is 0 Å². The fraction of sp³-hybridized carbons (Fsp3) is 0.250. The Labute approximate surface area is 123 Å². The SMILES string of the molecule is COc1ccc(Br)cc1CN(C)c1ccc(C)cc1. The summed E-state index contributed by atoms with van der Waals surface area (Å²) in [6.07, 6.45) is 0. The van der Waals surface area contributed by atoms with Crippen molar-refractivity contribution in [2.75, 3.05) is 19.1 Å². The third-order valence-corrected chi connectivity index (χ3v) is 3.62. The van der Waals surface area contributed by atoms with Crippen molar-refractivity contribution < 1.29 is 4.74 Å². The number of benzene rings is 2. The maximum Gasteiger partial charge on any atom is 0.123 e. The van der Waals surface area contributed by atoms with E-state index in [0.29, 0.717) is 0 Å². The molecule has 2 aromatic carbocycles. The number of anilines is 1. The lowest BCUT2D eigenvalue weighted by atomic mass is 10.1. The zero-order valence-electron chi connectivity index (χ0n) is 11.5. The average Bonchev–Trinajstić information content (AvgIpc) is 2.39. The second-order valence-electron chi connectivity index (χ2n) is 4.65. The number of halogens is 1. The average molecular weight is 320 g/mol. The molecular weight excluding hydrogens is 302 g/mol. The molecule has 0 atom stereocenters. The molecule has 0 aliphatic rings. The molecule has 0 fully saturated rings. The van der Waals surface area contributed by atoms with Crippen LogP contribution in [0.2, 0.25) is 0 Å². The molecular formula is C16H18BrNO. The Morgan fingerprint density at radius 1 is 1.11 bits per heavy atom. The van der Waals surface area contributed by atoms with E-state index >= 15 is 0 Å². The molecule has 0 aliphatic carbocycles. The summed E-state index contributed by atoms with van der Waals surface area (Å²) in [4.78, 5) is 2.21. The van der Waals surface area contributed by atoms with Crippen LogP contribution in [0.1, 0.15) is 11.1 Å². The van der Waals surface area contributed by atoms with E-state index in [-0.39, 0.29) is 0 Å². The second kappa shape index (κ2) is 6.11. The topological polar surface area (TPSA) is 12.5 Å². The maximum absolute atomic E-state index is 5.41. The van der Waals surface area contributed by atoms with Gasteiger partial charge in [-0.15, -0.1) is 0 Å². The van der Waals surface area contributed by atoms with Crippen LogP contribution in [0.4, 0.5) is 5.69 Å². The molecule has 19 heavy (non-hydrogen) atoms. The van der Waals surface area contributed by atoms with Crippen molar-refractivity contribution in [3.05, 3.63) is 58.1 Å². The third-order valence-electron chi connectivity index (χ3n) is 3.12. The molecule has 0 aromatic heterocycles. The molecule has 0 bridgehead atoms. The predicted octanol–water partition coefficient (Wildman–Crippen LogP) is 4.40. The summed E-state index contributed by atoms with van der Waals surface area (Å²) in [5.74, 6) is 0.919. The predicted molar refractivity (Wildman–Crippen MR) is 84.0 cm³/mol. The highest BCUT2D eigenvalue weighted by Gasteiger charge is 2.07. The molecule has 0 unspecified atom stereocenters. The molecule has 0 aliphatic heterocycles. The van der Waals surface area contributed by atoms with Gasteiger partial charge in [0.25, 0.3) is 0 Å². The van der Waals surface area contributed by atoms with Gasteiger partial charge in [0.1, 0.15) is 5.75 Å². The summed E-state index contributed by atoms with van der Waals surface area (Å²) in [5.41, 5.74) is 3.64. The highest BCUT2D eigenvalue weighted by molar-refractivity contribution is 9.10. The summed E-state index contributed by atoms with van der Waals surface area (Å²) in [6, 6.07) is 14.6. The van der Waals surface area contributed by atoms with E-state index < -0.39 is 0 Å². The van der Waals surface area contributed by atoms with E-state index in [1.165, 1.54) is 16.8 Å². The number of hydrogen-bond acceptors (Lipinski definition) is 2. The van der Waals surface area contributed by atoms with Crippen LogP contribution in [0.3, 0.4) is 0 Å². The maximum atomic E-state index is 5.41. The summed E-state index contributed by atoms with van der Waals surface area (Å²) in [6.45, 7) is 2.91. The molecule has 100 valence electrons. The first-order valence-corrected chi connectivity index (χ1v) is 6.99. The fourth-order valence-corrected chi connectivity index (χ4v) is 2.43. The van der Waals surface area contributed by atoms with E-state index in [0.717, 1.165) is 16.8 Å². The smallest absolute Gasteiger partial charge is 0.123 e. The van der Waals surface area contributed by atoms with Crippen LogP contribution < -0.4 is 9.64 Å². The van der Waals surface area contributed by atoms with Gasteiger partial charge in [0.05, 0.1) is 7.11 Å². The highest BCUT2D eigenvalue weighted by atomic mass is 79.9. The third kappa shape index (κ3) is 3.51. The standard InChI is InChI=1S/C16H18BrNO/c1-12-4-7-15(8-5-12)18(2)11-13-10-14(17)6-9-16(13)19-3/h4-10H,11H2,1-3H3.